The van der Waals surface area contributed by atoms with Crippen LogP contribution in [0.1, 0.15) is 145 Å². The van der Waals surface area contributed by atoms with Crippen LogP contribution in [0, 0.1) is 0 Å². The number of nitrogens with zero attached hydrogens (tertiary/aromatic N) is 2. The summed E-state index contributed by atoms with van der Waals surface area (Å²) < 4.78 is 12.9. The lowest BCUT2D eigenvalue weighted by atomic mass is 9.90. The first-order valence-electron chi connectivity index (χ1n) is 26.7. The minimum atomic E-state index is 0.123. The predicted octanol–water partition coefficient (Wildman–Crippen LogP) is 17.5. The van der Waals surface area contributed by atoms with Crippen molar-refractivity contribution < 1.29 is 19.7 Å². The maximum absolute atomic E-state index is 11.5. The summed E-state index contributed by atoms with van der Waals surface area (Å²) in [5.41, 5.74) is 13.1. The number of aromatic nitrogens is 4. The molecule has 0 saturated heterocycles. The van der Waals surface area contributed by atoms with E-state index < -0.39 is 0 Å². The Balaban J connectivity index is 1.23. The van der Waals surface area contributed by atoms with E-state index in [0.29, 0.717) is 30.2 Å². The largest absolute Gasteiger partial charge is 0.508 e. The second kappa shape index (κ2) is 24.7. The molecular formula is C64H70N4O4. The van der Waals surface area contributed by atoms with Crippen LogP contribution in [-0.4, -0.2) is 43.4 Å². The first kappa shape index (κ1) is 49.7. The number of para-hydroxylation sites is 1. The highest BCUT2D eigenvalue weighted by atomic mass is 16.5. The summed E-state index contributed by atoms with van der Waals surface area (Å²) in [6.45, 7) is 5.84. The third-order valence-corrected chi connectivity index (χ3v) is 13.7. The van der Waals surface area contributed by atoms with Crippen molar-refractivity contribution in [2.75, 3.05) is 13.2 Å². The standard InChI is InChI=1S/C64H70N4O4/c1-3-5-7-9-11-13-15-19-37-71-54-35-29-45(30-36-54)61-60(47-24-22-26-55(40-47)72-38-20-16-14-12-10-8-6-4-2)58-44-51-34-33-49(66-51)41-48-31-32-50(65-48)42-52-43-57(56-27-17-18-28-59(56)70)63(67-52)62(64(61)68-58)46-23-21-25-53(69)39-46/h17-18,21-36,39-44,65,68-70H,3-16,19-20,37-38H2,1-2H3. The van der Waals surface area contributed by atoms with Gasteiger partial charge in [-0.1, -0.05) is 158 Å². The van der Waals surface area contributed by atoms with E-state index in [4.69, 9.17) is 19.4 Å². The van der Waals surface area contributed by atoms with Gasteiger partial charge in [0, 0.05) is 44.4 Å². The second-order valence-corrected chi connectivity index (χ2v) is 19.3. The monoisotopic (exact) mass is 959 g/mol. The maximum Gasteiger partial charge on any atom is 0.123 e. The van der Waals surface area contributed by atoms with Crippen LogP contribution in [0.5, 0.6) is 23.0 Å². The molecule has 2 aliphatic heterocycles. The van der Waals surface area contributed by atoms with E-state index in [1.807, 2.05) is 78.9 Å². The number of aromatic hydroxyl groups is 2. The van der Waals surface area contributed by atoms with E-state index >= 15 is 0 Å². The molecule has 5 heterocycles. The molecule has 9 rings (SSSR count). The molecule has 0 amide bonds. The molecule has 0 radical (unpaired) electrons. The van der Waals surface area contributed by atoms with Crippen molar-refractivity contribution in [3.8, 4) is 56.4 Å². The van der Waals surface area contributed by atoms with E-state index in [1.54, 1.807) is 18.2 Å². The summed E-state index contributed by atoms with van der Waals surface area (Å²) in [6, 6.07) is 41.8. The Morgan fingerprint density at radius 3 is 1.72 bits per heavy atom. The smallest absolute Gasteiger partial charge is 0.123 e. The summed E-state index contributed by atoms with van der Waals surface area (Å²) >= 11 is 0. The predicted molar refractivity (Wildman–Crippen MR) is 299 cm³/mol. The average Bonchev–Trinajstić information content (AvgIpc) is 4.21. The summed E-state index contributed by atoms with van der Waals surface area (Å²) in [6.07, 6.45) is 25.9. The number of ether oxygens (including phenoxy) is 2. The lowest BCUT2D eigenvalue weighted by Crippen LogP contribution is -1.98. The van der Waals surface area contributed by atoms with Crippen molar-refractivity contribution >= 4 is 45.9 Å². The molecule has 8 heteroatoms. The molecule has 8 nitrogen and oxygen atoms in total. The SMILES string of the molecule is CCCCCCCCCCOc1ccc(-c2c(-c3cccc(OCCCCCCCCCC)c3)c3cc4nc(cc5ccc(cc6nc(c(-c7cccc(O)c7)c2[nH]3)C(c2ccccc2O)=C6)[nH]5)C=C4)cc1. The Labute approximate surface area is 425 Å². The van der Waals surface area contributed by atoms with E-state index in [2.05, 4.69) is 72.3 Å². The number of phenols is 2. The molecule has 0 atom stereocenters. The number of rotatable bonds is 24. The van der Waals surface area contributed by atoms with Crippen LogP contribution in [0.25, 0.3) is 79.2 Å². The van der Waals surface area contributed by atoms with E-state index in [0.717, 1.165) is 110 Å². The van der Waals surface area contributed by atoms with Crippen LogP contribution in [0.3, 0.4) is 0 Å². The molecule has 2 aliphatic rings. The zero-order valence-electron chi connectivity index (χ0n) is 42.2. The van der Waals surface area contributed by atoms with E-state index in [9.17, 15) is 10.2 Å². The molecule has 7 aromatic rings. The third kappa shape index (κ3) is 12.6. The van der Waals surface area contributed by atoms with Crippen molar-refractivity contribution in [1.82, 2.24) is 19.9 Å². The molecule has 370 valence electrons. The van der Waals surface area contributed by atoms with Gasteiger partial charge in [0.15, 0.2) is 0 Å². The molecular weight excluding hydrogens is 889 g/mol. The van der Waals surface area contributed by atoms with Crippen LogP contribution in [0.2, 0.25) is 0 Å². The summed E-state index contributed by atoms with van der Waals surface area (Å²) in [5, 5.41) is 22.8. The van der Waals surface area contributed by atoms with Crippen molar-refractivity contribution in [3.63, 3.8) is 0 Å². The number of hydrogen-bond acceptors (Lipinski definition) is 6. The molecule has 4 N–H and O–H groups in total. The first-order chi connectivity index (χ1) is 35.4. The van der Waals surface area contributed by atoms with Gasteiger partial charge in [-0.05, 0) is 121 Å². The van der Waals surface area contributed by atoms with Gasteiger partial charge in [0.05, 0.1) is 41.5 Å². The maximum atomic E-state index is 11.5. The molecule has 3 aromatic heterocycles. The van der Waals surface area contributed by atoms with E-state index in [1.165, 1.54) is 77.0 Å². The Morgan fingerprint density at radius 1 is 0.458 bits per heavy atom. The lowest BCUT2D eigenvalue weighted by Gasteiger charge is -2.14. The number of phenolic OH excluding ortho intramolecular Hbond substituents is 2. The molecule has 0 fully saturated rings. The van der Waals surface area contributed by atoms with Gasteiger partial charge in [0.1, 0.15) is 23.0 Å². The third-order valence-electron chi connectivity index (χ3n) is 13.7. The molecule has 72 heavy (non-hydrogen) atoms. The zero-order chi connectivity index (χ0) is 49.5. The van der Waals surface area contributed by atoms with Crippen molar-refractivity contribution in [2.24, 2.45) is 0 Å². The van der Waals surface area contributed by atoms with Gasteiger partial charge in [-0.3, -0.25) is 0 Å². The quantitative estimate of drug-likeness (QED) is 0.0448. The van der Waals surface area contributed by atoms with Crippen molar-refractivity contribution in [1.29, 1.82) is 0 Å². The number of H-pyrrole nitrogens is 2. The van der Waals surface area contributed by atoms with Gasteiger partial charge in [0.25, 0.3) is 0 Å². The summed E-state index contributed by atoms with van der Waals surface area (Å²) in [4.78, 5) is 18.0. The molecule has 0 saturated carbocycles. The van der Waals surface area contributed by atoms with Crippen LogP contribution in [-0.2, 0) is 0 Å². The number of unbranched alkanes of at least 4 members (excludes halogenated alkanes) is 14. The van der Waals surface area contributed by atoms with Crippen molar-refractivity contribution in [3.05, 3.63) is 156 Å². The Kier molecular flexibility index (Phi) is 17.0. The first-order valence-corrected chi connectivity index (χ1v) is 26.7. The fraction of sp³-hybridized carbons (Fsp3) is 0.312. The molecule has 0 aliphatic carbocycles. The van der Waals surface area contributed by atoms with Crippen LogP contribution in [0.15, 0.2) is 127 Å². The van der Waals surface area contributed by atoms with Gasteiger partial charge in [-0.15, -0.1) is 0 Å². The zero-order valence-corrected chi connectivity index (χ0v) is 42.2. The highest BCUT2D eigenvalue weighted by molar-refractivity contribution is 6.11. The average molecular weight is 959 g/mol. The molecule has 0 unspecified atom stereocenters. The fourth-order valence-electron chi connectivity index (χ4n) is 10.0. The highest BCUT2D eigenvalue weighted by Gasteiger charge is 2.26. The van der Waals surface area contributed by atoms with Crippen molar-refractivity contribution in [2.45, 2.75) is 117 Å². The normalized spacial score (nSPS) is 12.1. The summed E-state index contributed by atoms with van der Waals surface area (Å²) in [5.74, 6) is 1.89. The van der Waals surface area contributed by atoms with Gasteiger partial charge in [0.2, 0.25) is 0 Å². The summed E-state index contributed by atoms with van der Waals surface area (Å²) in [7, 11) is 0. The topological polar surface area (TPSA) is 116 Å². The van der Waals surface area contributed by atoms with Gasteiger partial charge >= 0.3 is 0 Å². The van der Waals surface area contributed by atoms with Gasteiger partial charge in [-0.2, -0.15) is 0 Å². The Hall–Kier alpha value is -7.32. The number of benzene rings is 4. The number of nitrogens with one attached hydrogen (secondary N) is 2. The highest BCUT2D eigenvalue weighted by Crippen LogP contribution is 2.47. The minimum Gasteiger partial charge on any atom is -0.508 e. The second-order valence-electron chi connectivity index (χ2n) is 19.3. The fourth-order valence-corrected chi connectivity index (χ4v) is 10.0. The molecule has 8 bridgehead atoms. The molecule has 4 aromatic carbocycles. The Morgan fingerprint density at radius 2 is 1.06 bits per heavy atom. The number of hydrogen-bond donors (Lipinski definition) is 4. The van der Waals surface area contributed by atoms with Crippen LogP contribution < -0.4 is 9.47 Å². The molecule has 0 spiro atoms. The lowest BCUT2D eigenvalue weighted by molar-refractivity contribution is 0.304. The van der Waals surface area contributed by atoms with E-state index in [-0.39, 0.29) is 11.5 Å². The van der Waals surface area contributed by atoms with Gasteiger partial charge in [-0.25, -0.2) is 9.97 Å². The van der Waals surface area contributed by atoms with Gasteiger partial charge < -0.3 is 29.7 Å². The number of fused-ring (bicyclic) bond motifs is 8. The minimum absolute atomic E-state index is 0.123. The number of aromatic amines is 2. The van der Waals surface area contributed by atoms with Crippen LogP contribution >= 0.6 is 0 Å². The van der Waals surface area contributed by atoms with Crippen LogP contribution in [0.4, 0.5) is 0 Å². The Bertz CT molecular complexity index is 3160.